The molecule has 0 unspecified atom stereocenters. The summed E-state index contributed by atoms with van der Waals surface area (Å²) in [5, 5.41) is 6.89. The summed E-state index contributed by atoms with van der Waals surface area (Å²) in [4.78, 5) is 28.9. The minimum atomic E-state index is -0.151. The van der Waals surface area contributed by atoms with Gasteiger partial charge in [-0.25, -0.2) is 0 Å². The normalized spacial score (nSPS) is 12.7. The molecule has 4 rings (SSSR count). The Kier molecular flexibility index (Phi) is 4.01. The predicted octanol–water partition coefficient (Wildman–Crippen LogP) is 2.84. The van der Waals surface area contributed by atoms with Crippen molar-refractivity contribution in [3.8, 4) is 0 Å². The van der Waals surface area contributed by atoms with Crippen LogP contribution in [0, 0.1) is 0 Å². The maximum atomic E-state index is 12.8. The SMILES string of the molecule is CN(C(=O)c1cccc(C(=O)N2Cc3cn[nH]c3C2)c1)c1ccccc1. The van der Waals surface area contributed by atoms with Gasteiger partial charge in [0.25, 0.3) is 11.8 Å². The van der Waals surface area contributed by atoms with Gasteiger partial charge in [0.2, 0.25) is 0 Å². The number of aromatic nitrogens is 2. The molecule has 2 heterocycles. The first kappa shape index (κ1) is 16.1. The van der Waals surface area contributed by atoms with E-state index in [1.165, 1.54) is 0 Å². The molecule has 6 heteroatoms. The molecule has 1 aliphatic rings. The topological polar surface area (TPSA) is 69.3 Å². The van der Waals surface area contributed by atoms with Crippen LogP contribution in [0.1, 0.15) is 32.0 Å². The third kappa shape index (κ3) is 2.86. The summed E-state index contributed by atoms with van der Waals surface area (Å²) in [6, 6.07) is 16.3. The molecule has 1 aromatic heterocycles. The van der Waals surface area contributed by atoms with Crippen LogP contribution in [-0.4, -0.2) is 34.0 Å². The van der Waals surface area contributed by atoms with Crippen LogP contribution in [0.5, 0.6) is 0 Å². The average molecular weight is 346 g/mol. The Bertz CT molecular complexity index is 944. The molecule has 0 spiro atoms. The van der Waals surface area contributed by atoms with Crippen molar-refractivity contribution in [3.63, 3.8) is 0 Å². The van der Waals surface area contributed by atoms with Crippen molar-refractivity contribution in [3.05, 3.63) is 83.2 Å². The van der Waals surface area contributed by atoms with Gasteiger partial charge in [-0.1, -0.05) is 24.3 Å². The number of carbonyl (C=O) groups excluding carboxylic acids is 2. The molecular formula is C20H18N4O2. The second kappa shape index (κ2) is 6.48. The summed E-state index contributed by atoms with van der Waals surface area (Å²) in [5.74, 6) is -0.242. The molecule has 0 saturated carbocycles. The van der Waals surface area contributed by atoms with Crippen molar-refractivity contribution in [1.82, 2.24) is 15.1 Å². The van der Waals surface area contributed by atoms with Crippen LogP contribution < -0.4 is 4.90 Å². The Morgan fingerprint density at radius 2 is 1.81 bits per heavy atom. The molecule has 0 saturated heterocycles. The second-order valence-electron chi connectivity index (χ2n) is 6.32. The largest absolute Gasteiger partial charge is 0.328 e. The van der Waals surface area contributed by atoms with Gasteiger partial charge in [0, 0.05) is 36.0 Å². The van der Waals surface area contributed by atoms with Crippen LogP contribution >= 0.6 is 0 Å². The highest BCUT2D eigenvalue weighted by Crippen LogP contribution is 2.23. The number of amides is 2. The Hall–Kier alpha value is -3.41. The van der Waals surface area contributed by atoms with Crippen LogP contribution in [0.25, 0.3) is 0 Å². The molecule has 2 aromatic carbocycles. The van der Waals surface area contributed by atoms with Crippen LogP contribution in [-0.2, 0) is 13.1 Å². The van der Waals surface area contributed by atoms with E-state index in [0.29, 0.717) is 24.2 Å². The van der Waals surface area contributed by atoms with Crippen molar-refractivity contribution < 1.29 is 9.59 Å². The monoisotopic (exact) mass is 346 g/mol. The van der Waals surface area contributed by atoms with Gasteiger partial charge in [-0.3, -0.25) is 14.7 Å². The van der Waals surface area contributed by atoms with E-state index in [0.717, 1.165) is 16.9 Å². The van der Waals surface area contributed by atoms with E-state index in [4.69, 9.17) is 0 Å². The third-order valence-corrected chi connectivity index (χ3v) is 4.61. The number of carbonyl (C=O) groups is 2. The van der Waals surface area contributed by atoms with E-state index < -0.39 is 0 Å². The van der Waals surface area contributed by atoms with E-state index in [9.17, 15) is 9.59 Å². The molecule has 130 valence electrons. The fraction of sp³-hybridized carbons (Fsp3) is 0.150. The lowest BCUT2D eigenvalue weighted by molar-refractivity contribution is 0.0749. The molecule has 2 amide bonds. The summed E-state index contributed by atoms with van der Waals surface area (Å²) in [6.07, 6.45) is 1.75. The third-order valence-electron chi connectivity index (χ3n) is 4.61. The highest BCUT2D eigenvalue weighted by Gasteiger charge is 2.26. The first-order chi connectivity index (χ1) is 12.6. The van der Waals surface area contributed by atoms with Gasteiger partial charge in [-0.05, 0) is 30.3 Å². The Labute approximate surface area is 151 Å². The number of benzene rings is 2. The molecule has 26 heavy (non-hydrogen) atoms. The smallest absolute Gasteiger partial charge is 0.258 e. The average Bonchev–Trinajstić information content (AvgIpc) is 3.29. The van der Waals surface area contributed by atoms with E-state index in [1.54, 1.807) is 47.3 Å². The number of anilines is 1. The number of hydrogen-bond acceptors (Lipinski definition) is 3. The fourth-order valence-electron chi connectivity index (χ4n) is 3.14. The zero-order valence-corrected chi connectivity index (χ0v) is 14.3. The molecule has 0 aliphatic carbocycles. The standard InChI is InChI=1S/C20H18N4O2/c1-23(17-8-3-2-4-9-17)19(25)14-6-5-7-15(10-14)20(26)24-12-16-11-21-22-18(16)13-24/h2-11H,12-13H2,1H3,(H,21,22). The molecule has 1 aliphatic heterocycles. The number of para-hydroxylation sites is 1. The van der Waals surface area contributed by atoms with Gasteiger partial charge >= 0.3 is 0 Å². The van der Waals surface area contributed by atoms with Gasteiger partial charge in [-0.15, -0.1) is 0 Å². The van der Waals surface area contributed by atoms with E-state index in [2.05, 4.69) is 10.2 Å². The molecular weight excluding hydrogens is 328 g/mol. The number of H-pyrrole nitrogens is 1. The number of rotatable bonds is 3. The first-order valence-corrected chi connectivity index (χ1v) is 8.37. The maximum absolute atomic E-state index is 12.8. The quantitative estimate of drug-likeness (QED) is 0.793. The number of aromatic amines is 1. The second-order valence-corrected chi connectivity index (χ2v) is 6.32. The number of fused-ring (bicyclic) bond motifs is 1. The Morgan fingerprint density at radius 3 is 2.58 bits per heavy atom. The predicted molar refractivity (Wildman–Crippen MR) is 97.8 cm³/mol. The molecule has 3 aromatic rings. The van der Waals surface area contributed by atoms with Crippen molar-refractivity contribution in [2.45, 2.75) is 13.1 Å². The first-order valence-electron chi connectivity index (χ1n) is 8.37. The fourth-order valence-corrected chi connectivity index (χ4v) is 3.14. The van der Waals surface area contributed by atoms with Crippen LogP contribution in [0.2, 0.25) is 0 Å². The van der Waals surface area contributed by atoms with Crippen molar-refractivity contribution in [1.29, 1.82) is 0 Å². The lowest BCUT2D eigenvalue weighted by atomic mass is 10.1. The summed E-state index contributed by atoms with van der Waals surface area (Å²) < 4.78 is 0. The van der Waals surface area contributed by atoms with E-state index >= 15 is 0 Å². The van der Waals surface area contributed by atoms with E-state index in [-0.39, 0.29) is 11.8 Å². The minimum absolute atomic E-state index is 0.0911. The minimum Gasteiger partial charge on any atom is -0.328 e. The van der Waals surface area contributed by atoms with E-state index in [1.807, 2.05) is 30.3 Å². The summed E-state index contributed by atoms with van der Waals surface area (Å²) in [6.45, 7) is 1.04. The van der Waals surface area contributed by atoms with Crippen LogP contribution in [0.3, 0.4) is 0 Å². The van der Waals surface area contributed by atoms with Crippen molar-refractivity contribution in [2.24, 2.45) is 0 Å². The zero-order chi connectivity index (χ0) is 18.1. The molecule has 0 radical (unpaired) electrons. The molecule has 0 atom stereocenters. The number of hydrogen-bond donors (Lipinski definition) is 1. The van der Waals surface area contributed by atoms with Gasteiger partial charge in [0.1, 0.15) is 0 Å². The zero-order valence-electron chi connectivity index (χ0n) is 14.3. The lowest BCUT2D eigenvalue weighted by Crippen LogP contribution is -2.28. The van der Waals surface area contributed by atoms with Gasteiger partial charge in [0.05, 0.1) is 18.4 Å². The molecule has 1 N–H and O–H groups in total. The maximum Gasteiger partial charge on any atom is 0.258 e. The summed E-state index contributed by atoms with van der Waals surface area (Å²) >= 11 is 0. The molecule has 0 fully saturated rings. The van der Waals surface area contributed by atoms with Gasteiger partial charge < -0.3 is 9.80 Å². The summed E-state index contributed by atoms with van der Waals surface area (Å²) in [7, 11) is 1.73. The van der Waals surface area contributed by atoms with Crippen molar-refractivity contribution in [2.75, 3.05) is 11.9 Å². The molecule has 0 bridgehead atoms. The summed E-state index contributed by atoms with van der Waals surface area (Å²) in [5.41, 5.74) is 3.81. The number of nitrogens with zero attached hydrogens (tertiary/aromatic N) is 3. The number of nitrogens with one attached hydrogen (secondary N) is 1. The highest BCUT2D eigenvalue weighted by atomic mass is 16.2. The van der Waals surface area contributed by atoms with Gasteiger partial charge in [-0.2, -0.15) is 5.10 Å². The highest BCUT2D eigenvalue weighted by molar-refractivity contribution is 6.07. The molecule has 6 nitrogen and oxygen atoms in total. The Morgan fingerprint density at radius 1 is 1.04 bits per heavy atom. The van der Waals surface area contributed by atoms with Crippen molar-refractivity contribution >= 4 is 17.5 Å². The van der Waals surface area contributed by atoms with Crippen LogP contribution in [0.15, 0.2) is 60.8 Å². The van der Waals surface area contributed by atoms with Crippen LogP contribution in [0.4, 0.5) is 5.69 Å². The van der Waals surface area contributed by atoms with Gasteiger partial charge in [0.15, 0.2) is 0 Å². The lowest BCUT2D eigenvalue weighted by Gasteiger charge is -2.19. The Balaban J connectivity index is 1.54.